The number of hydrogen-bond donors (Lipinski definition) is 2. The first-order chi connectivity index (χ1) is 7.10. The van der Waals surface area contributed by atoms with Crippen LogP contribution in [0.25, 0.3) is 0 Å². The maximum atomic E-state index is 11.6. The second kappa shape index (κ2) is 6.85. The number of sulfonamides is 1. The molecule has 3 N–H and O–H groups in total. The normalized spacial score (nSPS) is 10.9. The van der Waals surface area contributed by atoms with E-state index in [-0.39, 0.29) is 23.8 Å². The van der Waals surface area contributed by atoms with E-state index in [2.05, 4.69) is 4.72 Å². The predicted molar refractivity (Wildman–Crippen MR) is 67.3 cm³/mol. The molecule has 0 atom stereocenters. The van der Waals surface area contributed by atoms with Crippen molar-refractivity contribution in [2.75, 3.05) is 13.1 Å². The molecule has 1 rings (SSSR count). The van der Waals surface area contributed by atoms with Gasteiger partial charge < -0.3 is 5.73 Å². The lowest BCUT2D eigenvalue weighted by molar-refractivity contribution is 0.582. The van der Waals surface area contributed by atoms with Gasteiger partial charge in [-0.25, -0.2) is 13.1 Å². The van der Waals surface area contributed by atoms with Gasteiger partial charge in [0.25, 0.3) is 0 Å². The van der Waals surface area contributed by atoms with Crippen molar-refractivity contribution in [3.63, 3.8) is 0 Å². The Morgan fingerprint density at radius 3 is 2.25 bits per heavy atom. The maximum absolute atomic E-state index is 11.6. The molecule has 0 amide bonds. The van der Waals surface area contributed by atoms with Crippen molar-refractivity contribution >= 4 is 22.4 Å². The summed E-state index contributed by atoms with van der Waals surface area (Å²) in [5, 5.41) is 0. The van der Waals surface area contributed by atoms with Crippen molar-refractivity contribution in [3.8, 4) is 0 Å². The fourth-order valence-corrected chi connectivity index (χ4v) is 2.23. The first-order valence-corrected chi connectivity index (χ1v) is 6.37. The summed E-state index contributed by atoms with van der Waals surface area (Å²) in [6, 6.07) is 6.85. The molecule has 0 fully saturated rings. The summed E-state index contributed by atoms with van der Waals surface area (Å²) in [6.45, 7) is 2.58. The van der Waals surface area contributed by atoms with E-state index in [0.29, 0.717) is 6.54 Å². The second-order valence-corrected chi connectivity index (χ2v) is 4.95. The first kappa shape index (κ1) is 15.4. The van der Waals surface area contributed by atoms with E-state index in [4.69, 9.17) is 5.73 Å². The number of hydrogen-bond acceptors (Lipinski definition) is 3. The van der Waals surface area contributed by atoms with Crippen LogP contribution in [-0.4, -0.2) is 21.5 Å². The van der Waals surface area contributed by atoms with Crippen molar-refractivity contribution in [2.24, 2.45) is 5.73 Å². The molecule has 92 valence electrons. The number of benzene rings is 1. The third-order valence-electron chi connectivity index (χ3n) is 2.08. The minimum Gasteiger partial charge on any atom is -0.329 e. The minimum absolute atomic E-state index is 0. The van der Waals surface area contributed by atoms with Crippen LogP contribution in [0, 0.1) is 0 Å². The van der Waals surface area contributed by atoms with E-state index in [1.165, 1.54) is 0 Å². The van der Waals surface area contributed by atoms with Crippen LogP contribution in [0.15, 0.2) is 29.2 Å². The summed E-state index contributed by atoms with van der Waals surface area (Å²) < 4.78 is 25.7. The van der Waals surface area contributed by atoms with Crippen molar-refractivity contribution < 1.29 is 8.42 Å². The molecule has 0 aliphatic rings. The molecule has 0 aliphatic carbocycles. The third-order valence-corrected chi connectivity index (χ3v) is 3.56. The van der Waals surface area contributed by atoms with Gasteiger partial charge >= 0.3 is 0 Å². The summed E-state index contributed by atoms with van der Waals surface area (Å²) >= 11 is 0. The molecule has 0 saturated heterocycles. The van der Waals surface area contributed by atoms with Crippen LogP contribution in [0.3, 0.4) is 0 Å². The summed E-state index contributed by atoms with van der Waals surface area (Å²) in [5.41, 5.74) is 6.35. The standard InChI is InChI=1S/C10H16N2O2S.ClH/c1-2-9-3-5-10(6-4-9)15(13,14)12-8-7-11;/h3-6,12H,2,7-8,11H2,1H3;1H. The topological polar surface area (TPSA) is 72.2 Å². The van der Waals surface area contributed by atoms with Gasteiger partial charge in [-0.05, 0) is 24.1 Å². The van der Waals surface area contributed by atoms with Gasteiger partial charge in [-0.3, -0.25) is 0 Å². The molecule has 1 aromatic rings. The van der Waals surface area contributed by atoms with Crippen molar-refractivity contribution in [2.45, 2.75) is 18.2 Å². The Morgan fingerprint density at radius 2 is 1.81 bits per heavy atom. The maximum Gasteiger partial charge on any atom is 0.240 e. The van der Waals surface area contributed by atoms with Crippen LogP contribution in [-0.2, 0) is 16.4 Å². The zero-order chi connectivity index (χ0) is 11.3. The highest BCUT2D eigenvalue weighted by atomic mass is 35.5. The molecule has 6 heteroatoms. The summed E-state index contributed by atoms with van der Waals surface area (Å²) in [4.78, 5) is 0.285. The zero-order valence-corrected chi connectivity index (χ0v) is 10.8. The van der Waals surface area contributed by atoms with Gasteiger partial charge in [-0.2, -0.15) is 0 Å². The number of rotatable bonds is 5. The van der Waals surface area contributed by atoms with Gasteiger partial charge in [-0.1, -0.05) is 19.1 Å². The third kappa shape index (κ3) is 4.09. The molecule has 0 heterocycles. The van der Waals surface area contributed by atoms with Crippen LogP contribution < -0.4 is 10.5 Å². The molecule has 0 radical (unpaired) electrons. The Morgan fingerprint density at radius 1 is 1.25 bits per heavy atom. The number of nitrogens with two attached hydrogens (primary N) is 1. The van der Waals surface area contributed by atoms with E-state index in [0.717, 1.165) is 12.0 Å². The van der Waals surface area contributed by atoms with Crippen LogP contribution in [0.2, 0.25) is 0 Å². The zero-order valence-electron chi connectivity index (χ0n) is 9.14. The van der Waals surface area contributed by atoms with Crippen molar-refractivity contribution in [1.82, 2.24) is 4.72 Å². The van der Waals surface area contributed by atoms with Crippen LogP contribution in [0.1, 0.15) is 12.5 Å². The number of nitrogens with one attached hydrogen (secondary N) is 1. The molecule has 0 spiro atoms. The second-order valence-electron chi connectivity index (χ2n) is 3.18. The summed E-state index contributed by atoms with van der Waals surface area (Å²) in [7, 11) is -3.38. The van der Waals surface area contributed by atoms with Gasteiger partial charge in [-0.15, -0.1) is 12.4 Å². The largest absolute Gasteiger partial charge is 0.329 e. The average Bonchev–Trinajstić information content (AvgIpc) is 2.26. The van der Waals surface area contributed by atoms with Crippen molar-refractivity contribution in [1.29, 1.82) is 0 Å². The Bertz CT molecular complexity index is 403. The minimum atomic E-state index is -3.38. The van der Waals surface area contributed by atoms with E-state index in [9.17, 15) is 8.42 Å². The quantitative estimate of drug-likeness (QED) is 0.830. The summed E-state index contributed by atoms with van der Waals surface area (Å²) in [6.07, 6.45) is 0.899. The fourth-order valence-electron chi connectivity index (χ4n) is 1.18. The molecule has 0 aromatic heterocycles. The molecular formula is C10H17ClN2O2S. The van der Waals surface area contributed by atoms with Gasteiger partial charge in [0.15, 0.2) is 0 Å². The molecule has 4 nitrogen and oxygen atoms in total. The number of halogens is 1. The van der Waals surface area contributed by atoms with Gasteiger partial charge in [0.1, 0.15) is 0 Å². The Balaban J connectivity index is 0.00000225. The molecule has 0 saturated carbocycles. The fraction of sp³-hybridized carbons (Fsp3) is 0.400. The first-order valence-electron chi connectivity index (χ1n) is 4.89. The lowest BCUT2D eigenvalue weighted by atomic mass is 10.2. The SMILES string of the molecule is CCc1ccc(S(=O)(=O)NCCN)cc1.Cl. The molecular weight excluding hydrogens is 248 g/mol. The average molecular weight is 265 g/mol. The Labute approximate surface area is 103 Å². The van der Waals surface area contributed by atoms with Crippen molar-refractivity contribution in [3.05, 3.63) is 29.8 Å². The highest BCUT2D eigenvalue weighted by Gasteiger charge is 2.11. The van der Waals surface area contributed by atoms with E-state index in [1.54, 1.807) is 12.1 Å². The monoisotopic (exact) mass is 264 g/mol. The van der Waals surface area contributed by atoms with Gasteiger partial charge in [0.2, 0.25) is 10.0 Å². The summed E-state index contributed by atoms with van der Waals surface area (Å²) in [5.74, 6) is 0. The lowest BCUT2D eigenvalue weighted by Crippen LogP contribution is -2.29. The van der Waals surface area contributed by atoms with E-state index >= 15 is 0 Å². The molecule has 16 heavy (non-hydrogen) atoms. The van der Waals surface area contributed by atoms with Gasteiger partial charge in [0, 0.05) is 13.1 Å². The molecule has 1 aromatic carbocycles. The van der Waals surface area contributed by atoms with Crippen LogP contribution in [0.5, 0.6) is 0 Å². The smallest absolute Gasteiger partial charge is 0.240 e. The van der Waals surface area contributed by atoms with E-state index in [1.807, 2.05) is 19.1 Å². The molecule has 0 bridgehead atoms. The Hall–Kier alpha value is -0.620. The van der Waals surface area contributed by atoms with Gasteiger partial charge in [0.05, 0.1) is 4.90 Å². The predicted octanol–water partition coefficient (Wildman–Crippen LogP) is 0.908. The lowest BCUT2D eigenvalue weighted by Gasteiger charge is -2.05. The van der Waals surface area contributed by atoms with Crippen LogP contribution >= 0.6 is 12.4 Å². The molecule has 0 aliphatic heterocycles. The highest BCUT2D eigenvalue weighted by molar-refractivity contribution is 7.89. The number of aryl methyl sites for hydroxylation is 1. The van der Waals surface area contributed by atoms with Crippen LogP contribution in [0.4, 0.5) is 0 Å². The van der Waals surface area contributed by atoms with E-state index < -0.39 is 10.0 Å². The highest BCUT2D eigenvalue weighted by Crippen LogP contribution is 2.10. The Kier molecular flexibility index (Phi) is 6.59. The molecule has 0 unspecified atom stereocenters.